The van der Waals surface area contributed by atoms with Crippen molar-refractivity contribution in [2.24, 2.45) is 4.99 Å². The molecule has 1 unspecified atom stereocenters. The Labute approximate surface area is 240 Å². The van der Waals surface area contributed by atoms with Crippen LogP contribution in [0.4, 0.5) is 14.0 Å². The first-order chi connectivity index (χ1) is 19.0. The lowest BCUT2D eigenvalue weighted by atomic mass is 9.95. The van der Waals surface area contributed by atoms with Gasteiger partial charge >= 0.3 is 12.2 Å². The van der Waals surface area contributed by atoms with Crippen LogP contribution in [-0.2, 0) is 16.0 Å². The van der Waals surface area contributed by atoms with E-state index in [0.717, 1.165) is 11.1 Å². The molecule has 0 aliphatic heterocycles. The van der Waals surface area contributed by atoms with Crippen LogP contribution in [0.2, 0.25) is 0 Å². The molecule has 0 N–H and O–H groups in total. The van der Waals surface area contributed by atoms with Crippen LogP contribution < -0.4 is 0 Å². The molecule has 9 nitrogen and oxygen atoms in total. The Kier molecular flexibility index (Phi) is 9.57. The second-order valence-corrected chi connectivity index (χ2v) is 11.9. The molecule has 0 fully saturated rings. The maximum atomic E-state index is 15.2. The van der Waals surface area contributed by atoms with Crippen LogP contribution in [0.1, 0.15) is 71.4 Å². The molecule has 0 radical (unpaired) electrons. The summed E-state index contributed by atoms with van der Waals surface area (Å²) in [7, 11) is 3.28. The molecule has 0 saturated heterocycles. The molecule has 0 aliphatic rings. The molecule has 1 heterocycles. The van der Waals surface area contributed by atoms with E-state index in [9.17, 15) is 9.59 Å². The predicted molar refractivity (Wildman–Crippen MR) is 155 cm³/mol. The van der Waals surface area contributed by atoms with Gasteiger partial charge in [-0.05, 0) is 64.3 Å². The molecular formula is C31H39FN4O5. The third-order valence-electron chi connectivity index (χ3n) is 5.74. The van der Waals surface area contributed by atoms with Gasteiger partial charge in [0.1, 0.15) is 28.5 Å². The van der Waals surface area contributed by atoms with Crippen molar-refractivity contribution in [3.8, 4) is 11.1 Å². The van der Waals surface area contributed by atoms with E-state index < -0.39 is 29.3 Å². The zero-order valence-corrected chi connectivity index (χ0v) is 25.2. The minimum atomic E-state index is -0.862. The van der Waals surface area contributed by atoms with E-state index in [1.807, 2.05) is 43.3 Å². The number of aliphatic imine (C=N–C) groups is 1. The van der Waals surface area contributed by atoms with Gasteiger partial charge in [0.05, 0.1) is 6.54 Å². The third kappa shape index (κ3) is 8.89. The van der Waals surface area contributed by atoms with E-state index in [4.69, 9.17) is 14.0 Å². The number of carbonyl (C=O) groups is 2. The van der Waals surface area contributed by atoms with Gasteiger partial charge in [-0.1, -0.05) is 54.5 Å². The van der Waals surface area contributed by atoms with Gasteiger partial charge in [-0.15, -0.1) is 4.99 Å². The largest absolute Gasteiger partial charge is 0.443 e. The lowest BCUT2D eigenvalue weighted by Crippen LogP contribution is -2.46. The number of amides is 2. The van der Waals surface area contributed by atoms with Crippen molar-refractivity contribution >= 4 is 18.1 Å². The standard InChI is InChI=1S/C31H39FN4O5/c1-20(24-16-15-22(17-25(24)32)21-13-11-10-12-14-21)26-18-23(34-41-26)19-36(29(38)40-31(5,6)7)27(35(8)9)33-28(37)39-30(2,3)4/h10-18,20H,19H2,1-9H3/b33-27-. The Morgan fingerprint density at radius 1 is 0.951 bits per heavy atom. The molecule has 10 heteroatoms. The van der Waals surface area contributed by atoms with Gasteiger partial charge in [0.15, 0.2) is 0 Å². The summed E-state index contributed by atoms with van der Waals surface area (Å²) in [6.07, 6.45) is -1.60. The fourth-order valence-corrected chi connectivity index (χ4v) is 3.91. The van der Waals surface area contributed by atoms with Crippen LogP contribution >= 0.6 is 0 Å². The van der Waals surface area contributed by atoms with Gasteiger partial charge in [-0.25, -0.2) is 18.9 Å². The van der Waals surface area contributed by atoms with E-state index in [2.05, 4.69) is 10.1 Å². The Bertz CT molecular complexity index is 1390. The van der Waals surface area contributed by atoms with Crippen molar-refractivity contribution < 1.29 is 28.0 Å². The molecule has 0 aliphatic carbocycles. The summed E-state index contributed by atoms with van der Waals surface area (Å²) in [5.41, 5.74) is 0.895. The number of ether oxygens (including phenoxy) is 2. The molecule has 0 saturated carbocycles. The highest BCUT2D eigenvalue weighted by atomic mass is 19.1. The third-order valence-corrected chi connectivity index (χ3v) is 5.74. The van der Waals surface area contributed by atoms with Crippen molar-refractivity contribution in [1.82, 2.24) is 15.0 Å². The second kappa shape index (κ2) is 12.5. The SMILES string of the molecule is CC(c1cc(CN(C(=O)OC(C)(C)C)/C(=N\C(=O)OC(C)(C)C)N(C)C)no1)c1ccc(-c2ccccc2)cc1F. The first kappa shape index (κ1) is 31.3. The van der Waals surface area contributed by atoms with Crippen molar-refractivity contribution in [3.63, 3.8) is 0 Å². The molecule has 220 valence electrons. The van der Waals surface area contributed by atoms with Crippen molar-refractivity contribution in [2.75, 3.05) is 14.1 Å². The van der Waals surface area contributed by atoms with Crippen LogP contribution in [0.5, 0.6) is 0 Å². The van der Waals surface area contributed by atoms with Crippen molar-refractivity contribution in [2.45, 2.75) is 72.1 Å². The van der Waals surface area contributed by atoms with Gasteiger partial charge in [-0.2, -0.15) is 0 Å². The van der Waals surface area contributed by atoms with Crippen LogP contribution in [0.3, 0.4) is 0 Å². The highest BCUT2D eigenvalue weighted by Crippen LogP contribution is 2.30. The zero-order chi connectivity index (χ0) is 30.5. The molecule has 1 atom stereocenters. The molecule has 41 heavy (non-hydrogen) atoms. The monoisotopic (exact) mass is 566 g/mol. The number of halogens is 1. The van der Waals surface area contributed by atoms with E-state index in [1.165, 1.54) is 15.9 Å². The fourth-order valence-electron chi connectivity index (χ4n) is 3.91. The van der Waals surface area contributed by atoms with Crippen LogP contribution in [0.25, 0.3) is 11.1 Å². The summed E-state index contributed by atoms with van der Waals surface area (Å²) >= 11 is 0. The first-order valence-corrected chi connectivity index (χ1v) is 13.3. The van der Waals surface area contributed by atoms with Crippen molar-refractivity contribution in [1.29, 1.82) is 0 Å². The number of hydrogen-bond donors (Lipinski definition) is 0. The fraction of sp³-hybridized carbons (Fsp3) is 0.419. The van der Waals surface area contributed by atoms with Gasteiger partial charge in [-0.3, -0.25) is 0 Å². The zero-order valence-electron chi connectivity index (χ0n) is 25.2. The molecule has 2 aromatic carbocycles. The number of carbonyl (C=O) groups excluding carboxylic acids is 2. The van der Waals surface area contributed by atoms with E-state index in [0.29, 0.717) is 17.0 Å². The summed E-state index contributed by atoms with van der Waals surface area (Å²) in [5, 5.41) is 4.12. The number of benzene rings is 2. The van der Waals surface area contributed by atoms with Crippen molar-refractivity contribution in [3.05, 3.63) is 77.4 Å². The van der Waals surface area contributed by atoms with Gasteiger partial charge in [0, 0.05) is 26.1 Å². The quantitative estimate of drug-likeness (QED) is 0.237. The average molecular weight is 567 g/mol. The minimum absolute atomic E-state index is 0.00589. The average Bonchev–Trinajstić information content (AvgIpc) is 3.32. The molecule has 0 spiro atoms. The number of hydrogen-bond acceptors (Lipinski definition) is 6. The maximum Gasteiger partial charge on any atom is 0.437 e. The molecule has 3 rings (SSSR count). The second-order valence-electron chi connectivity index (χ2n) is 11.9. The first-order valence-electron chi connectivity index (χ1n) is 13.3. The molecule has 0 bridgehead atoms. The van der Waals surface area contributed by atoms with Crippen LogP contribution in [-0.4, -0.2) is 58.4 Å². The summed E-state index contributed by atoms with van der Waals surface area (Å²) in [5.74, 6) is -0.425. The van der Waals surface area contributed by atoms with Crippen LogP contribution in [0.15, 0.2) is 64.1 Å². The molecule has 3 aromatic rings. The Hall–Kier alpha value is -4.21. The molecule has 2 amide bonds. The molecular weight excluding hydrogens is 527 g/mol. The lowest BCUT2D eigenvalue weighted by Gasteiger charge is -2.30. The van der Waals surface area contributed by atoms with E-state index in [1.54, 1.807) is 67.8 Å². The predicted octanol–water partition coefficient (Wildman–Crippen LogP) is 7.22. The summed E-state index contributed by atoms with van der Waals surface area (Å²) in [6.45, 7) is 12.0. The van der Waals surface area contributed by atoms with Gasteiger partial charge < -0.3 is 18.9 Å². The summed E-state index contributed by atoms with van der Waals surface area (Å²) in [6, 6.07) is 16.3. The summed E-state index contributed by atoms with van der Waals surface area (Å²) in [4.78, 5) is 32.5. The highest BCUT2D eigenvalue weighted by Gasteiger charge is 2.30. The Morgan fingerprint density at radius 2 is 1.59 bits per heavy atom. The van der Waals surface area contributed by atoms with E-state index in [-0.39, 0.29) is 18.3 Å². The lowest BCUT2D eigenvalue weighted by molar-refractivity contribution is 0.0338. The number of rotatable bonds is 5. The molecule has 1 aromatic heterocycles. The number of nitrogens with zero attached hydrogens (tertiary/aromatic N) is 4. The Morgan fingerprint density at radius 3 is 2.15 bits per heavy atom. The minimum Gasteiger partial charge on any atom is -0.443 e. The normalized spacial score (nSPS) is 13.0. The summed E-state index contributed by atoms with van der Waals surface area (Å²) < 4.78 is 31.7. The van der Waals surface area contributed by atoms with E-state index >= 15 is 4.39 Å². The van der Waals surface area contributed by atoms with Crippen LogP contribution in [0, 0.1) is 5.82 Å². The van der Waals surface area contributed by atoms with Gasteiger partial charge in [0.25, 0.3) is 0 Å². The number of aromatic nitrogens is 1. The Balaban J connectivity index is 1.90. The highest BCUT2D eigenvalue weighted by molar-refractivity contribution is 5.98. The number of guanidine groups is 1. The smallest absolute Gasteiger partial charge is 0.437 e. The van der Waals surface area contributed by atoms with Gasteiger partial charge in [0.2, 0.25) is 5.96 Å². The topological polar surface area (TPSA) is 97.5 Å². The maximum absolute atomic E-state index is 15.2.